The fourth-order valence-electron chi connectivity index (χ4n) is 2.54. The molecule has 6 heteroatoms. The molecular weight excluding hydrogens is 288 g/mol. The SMILES string of the molecule is COc1cccc(Nc2nc3c(s2)CCCC3C(=O)O)c1. The number of nitrogens with one attached hydrogen (secondary N) is 1. The Morgan fingerprint density at radius 1 is 1.52 bits per heavy atom. The lowest BCUT2D eigenvalue weighted by Gasteiger charge is -2.16. The maximum absolute atomic E-state index is 11.3. The van der Waals surface area contributed by atoms with Gasteiger partial charge in [0.25, 0.3) is 0 Å². The Morgan fingerprint density at radius 2 is 2.38 bits per heavy atom. The molecule has 2 aromatic rings. The molecule has 2 N–H and O–H groups in total. The first-order valence-electron chi connectivity index (χ1n) is 6.81. The summed E-state index contributed by atoms with van der Waals surface area (Å²) >= 11 is 1.54. The highest BCUT2D eigenvalue weighted by Crippen LogP contribution is 2.37. The zero-order chi connectivity index (χ0) is 14.8. The zero-order valence-corrected chi connectivity index (χ0v) is 12.4. The molecule has 0 aliphatic heterocycles. The number of hydrogen-bond donors (Lipinski definition) is 2. The highest BCUT2D eigenvalue weighted by molar-refractivity contribution is 7.15. The summed E-state index contributed by atoms with van der Waals surface area (Å²) in [6.45, 7) is 0. The van der Waals surface area contributed by atoms with Crippen LogP contribution in [0.1, 0.15) is 29.3 Å². The third-order valence-electron chi connectivity index (χ3n) is 3.57. The van der Waals surface area contributed by atoms with E-state index >= 15 is 0 Å². The molecule has 0 saturated heterocycles. The number of nitrogens with zero attached hydrogens (tertiary/aromatic N) is 1. The second kappa shape index (κ2) is 5.73. The lowest BCUT2D eigenvalue weighted by molar-refractivity contribution is -0.139. The number of carboxylic acid groups (broad SMARTS) is 1. The molecule has 0 spiro atoms. The van der Waals surface area contributed by atoms with E-state index in [1.165, 1.54) is 11.3 Å². The van der Waals surface area contributed by atoms with Crippen LogP contribution in [0.2, 0.25) is 0 Å². The molecule has 1 unspecified atom stereocenters. The van der Waals surface area contributed by atoms with Gasteiger partial charge in [-0.1, -0.05) is 6.07 Å². The number of anilines is 2. The van der Waals surface area contributed by atoms with E-state index < -0.39 is 11.9 Å². The van der Waals surface area contributed by atoms with E-state index in [0.29, 0.717) is 6.42 Å². The van der Waals surface area contributed by atoms with Gasteiger partial charge in [-0.25, -0.2) is 4.98 Å². The van der Waals surface area contributed by atoms with Gasteiger partial charge in [0.2, 0.25) is 0 Å². The average Bonchev–Trinajstić information content (AvgIpc) is 2.89. The number of benzene rings is 1. The first-order chi connectivity index (χ1) is 10.2. The molecule has 1 aromatic carbocycles. The van der Waals surface area contributed by atoms with Crippen molar-refractivity contribution in [3.05, 3.63) is 34.8 Å². The Labute approximate surface area is 126 Å². The minimum absolute atomic E-state index is 0.467. The molecule has 1 atom stereocenters. The Kier molecular flexibility index (Phi) is 3.79. The van der Waals surface area contributed by atoms with Crippen molar-refractivity contribution >= 4 is 28.1 Å². The van der Waals surface area contributed by atoms with Gasteiger partial charge in [0.05, 0.1) is 12.8 Å². The van der Waals surface area contributed by atoms with Gasteiger partial charge in [-0.15, -0.1) is 11.3 Å². The van der Waals surface area contributed by atoms with E-state index in [9.17, 15) is 9.90 Å². The third-order valence-corrected chi connectivity index (χ3v) is 4.62. The van der Waals surface area contributed by atoms with Crippen LogP contribution >= 0.6 is 11.3 Å². The Hall–Kier alpha value is -2.08. The Balaban J connectivity index is 1.85. The molecule has 21 heavy (non-hydrogen) atoms. The maximum Gasteiger partial charge on any atom is 0.312 e. The van der Waals surface area contributed by atoms with Crippen molar-refractivity contribution < 1.29 is 14.6 Å². The van der Waals surface area contributed by atoms with E-state index in [4.69, 9.17) is 4.74 Å². The number of hydrogen-bond acceptors (Lipinski definition) is 5. The van der Waals surface area contributed by atoms with Crippen LogP contribution in [-0.4, -0.2) is 23.2 Å². The summed E-state index contributed by atoms with van der Waals surface area (Å²) in [7, 11) is 1.62. The molecule has 0 saturated carbocycles. The quantitative estimate of drug-likeness (QED) is 0.906. The number of aliphatic carboxylic acids is 1. The third kappa shape index (κ3) is 2.85. The van der Waals surface area contributed by atoms with Gasteiger partial charge in [-0.3, -0.25) is 4.79 Å². The normalized spacial score (nSPS) is 17.1. The zero-order valence-electron chi connectivity index (χ0n) is 11.6. The van der Waals surface area contributed by atoms with E-state index in [1.54, 1.807) is 7.11 Å². The van der Waals surface area contributed by atoms with Crippen LogP contribution in [0.3, 0.4) is 0 Å². The van der Waals surface area contributed by atoms with Crippen LogP contribution in [0.4, 0.5) is 10.8 Å². The van der Waals surface area contributed by atoms with Crippen molar-refractivity contribution in [3.8, 4) is 5.75 Å². The summed E-state index contributed by atoms with van der Waals surface area (Å²) in [5.41, 5.74) is 1.61. The van der Waals surface area contributed by atoms with Crippen LogP contribution in [0.5, 0.6) is 5.75 Å². The van der Waals surface area contributed by atoms with Crippen molar-refractivity contribution in [2.75, 3.05) is 12.4 Å². The van der Waals surface area contributed by atoms with Crippen molar-refractivity contribution in [1.29, 1.82) is 0 Å². The molecule has 3 rings (SSSR count). The Bertz CT molecular complexity index is 669. The number of aryl methyl sites for hydroxylation is 1. The van der Waals surface area contributed by atoms with Crippen molar-refractivity contribution in [2.45, 2.75) is 25.2 Å². The Morgan fingerprint density at radius 3 is 3.14 bits per heavy atom. The summed E-state index contributed by atoms with van der Waals surface area (Å²) in [4.78, 5) is 16.9. The predicted molar refractivity (Wildman–Crippen MR) is 81.7 cm³/mol. The number of methoxy groups -OCH3 is 1. The smallest absolute Gasteiger partial charge is 0.312 e. The summed E-state index contributed by atoms with van der Waals surface area (Å²) < 4.78 is 5.19. The van der Waals surface area contributed by atoms with E-state index in [-0.39, 0.29) is 0 Å². The molecule has 0 radical (unpaired) electrons. The monoisotopic (exact) mass is 304 g/mol. The first kappa shape index (κ1) is 13.9. The molecule has 110 valence electrons. The highest BCUT2D eigenvalue weighted by atomic mass is 32.1. The van der Waals surface area contributed by atoms with Crippen LogP contribution in [0.15, 0.2) is 24.3 Å². The van der Waals surface area contributed by atoms with Gasteiger partial charge in [-0.2, -0.15) is 0 Å². The van der Waals surface area contributed by atoms with Crippen LogP contribution in [-0.2, 0) is 11.2 Å². The fraction of sp³-hybridized carbons (Fsp3) is 0.333. The molecular formula is C15H16N2O3S. The minimum atomic E-state index is -0.783. The number of carboxylic acids is 1. The second-order valence-corrected chi connectivity index (χ2v) is 6.05. The van der Waals surface area contributed by atoms with E-state index in [2.05, 4.69) is 10.3 Å². The van der Waals surface area contributed by atoms with Gasteiger partial charge in [0, 0.05) is 16.6 Å². The number of aromatic nitrogens is 1. The van der Waals surface area contributed by atoms with Crippen LogP contribution in [0.25, 0.3) is 0 Å². The molecule has 0 bridgehead atoms. The molecule has 1 heterocycles. The molecule has 1 aliphatic carbocycles. The molecule has 1 aromatic heterocycles. The van der Waals surface area contributed by atoms with Gasteiger partial charge in [0.15, 0.2) is 5.13 Å². The van der Waals surface area contributed by atoms with Crippen molar-refractivity contribution in [3.63, 3.8) is 0 Å². The van der Waals surface area contributed by atoms with Crippen molar-refractivity contribution in [1.82, 2.24) is 4.98 Å². The predicted octanol–water partition coefficient (Wildman–Crippen LogP) is 3.40. The average molecular weight is 304 g/mol. The number of carbonyl (C=O) groups is 1. The van der Waals surface area contributed by atoms with E-state index in [0.717, 1.165) is 40.0 Å². The van der Waals surface area contributed by atoms with E-state index in [1.807, 2.05) is 24.3 Å². The lowest BCUT2D eigenvalue weighted by atomic mass is 9.91. The van der Waals surface area contributed by atoms with Crippen LogP contribution < -0.4 is 10.1 Å². The second-order valence-electron chi connectivity index (χ2n) is 4.97. The number of ether oxygens (including phenoxy) is 1. The minimum Gasteiger partial charge on any atom is -0.497 e. The van der Waals surface area contributed by atoms with Crippen molar-refractivity contribution in [2.24, 2.45) is 0 Å². The summed E-state index contributed by atoms with van der Waals surface area (Å²) in [6, 6.07) is 7.58. The van der Waals surface area contributed by atoms with Gasteiger partial charge >= 0.3 is 5.97 Å². The lowest BCUT2D eigenvalue weighted by Crippen LogP contribution is -2.17. The van der Waals surface area contributed by atoms with Gasteiger partial charge in [-0.05, 0) is 31.4 Å². The highest BCUT2D eigenvalue weighted by Gasteiger charge is 2.29. The number of fused-ring (bicyclic) bond motifs is 1. The first-order valence-corrected chi connectivity index (χ1v) is 7.62. The summed E-state index contributed by atoms with van der Waals surface area (Å²) in [6.07, 6.45) is 2.49. The maximum atomic E-state index is 11.3. The largest absolute Gasteiger partial charge is 0.497 e. The molecule has 0 fully saturated rings. The fourth-order valence-corrected chi connectivity index (χ4v) is 3.62. The van der Waals surface area contributed by atoms with Gasteiger partial charge < -0.3 is 15.2 Å². The molecule has 1 aliphatic rings. The number of thiazole rings is 1. The molecule has 0 amide bonds. The number of rotatable bonds is 4. The van der Waals surface area contributed by atoms with Gasteiger partial charge in [0.1, 0.15) is 11.7 Å². The summed E-state index contributed by atoms with van der Waals surface area (Å²) in [5, 5.41) is 13.2. The topological polar surface area (TPSA) is 71.5 Å². The van der Waals surface area contributed by atoms with Crippen LogP contribution in [0, 0.1) is 0 Å². The standard InChI is InChI=1S/C15H16N2O3S/c1-20-10-5-2-4-9(8-10)16-15-17-13-11(14(18)19)6-3-7-12(13)21-15/h2,4-5,8,11H,3,6-7H2,1H3,(H,16,17)(H,18,19). The molecule has 5 nitrogen and oxygen atoms in total. The summed E-state index contributed by atoms with van der Waals surface area (Å²) in [5.74, 6) is -0.482.